The van der Waals surface area contributed by atoms with Crippen molar-refractivity contribution in [1.82, 2.24) is 0 Å². The molecule has 2 N–H and O–H groups in total. The molecule has 0 spiro atoms. The summed E-state index contributed by atoms with van der Waals surface area (Å²) in [5, 5.41) is 10.9. The van der Waals surface area contributed by atoms with Gasteiger partial charge in [0.25, 0.3) is 0 Å². The number of amides is 1. The van der Waals surface area contributed by atoms with Gasteiger partial charge in [0.15, 0.2) is 0 Å². The highest BCUT2D eigenvalue weighted by atomic mass is 16.4. The molecule has 0 aromatic heterocycles. The fourth-order valence-corrected chi connectivity index (χ4v) is 2.41. The fourth-order valence-electron chi connectivity index (χ4n) is 2.41. The van der Waals surface area contributed by atoms with E-state index in [1.165, 1.54) is 11.1 Å². The number of hydrogen-bond donors (Lipinski definition) is 2. The second-order valence-corrected chi connectivity index (χ2v) is 4.47. The van der Waals surface area contributed by atoms with Gasteiger partial charge in [-0.1, -0.05) is 30.3 Å². The molecule has 4 nitrogen and oxygen atoms in total. The summed E-state index contributed by atoms with van der Waals surface area (Å²) < 4.78 is 0. The first-order valence-electron chi connectivity index (χ1n) is 5.90. The second kappa shape index (κ2) is 4.24. The van der Waals surface area contributed by atoms with Crippen molar-refractivity contribution in [2.24, 2.45) is 0 Å². The molecule has 4 heteroatoms. The number of aliphatic carboxylic acids is 1. The van der Waals surface area contributed by atoms with Crippen molar-refractivity contribution < 1.29 is 14.7 Å². The van der Waals surface area contributed by atoms with Gasteiger partial charge in [0.05, 0.1) is 0 Å². The topological polar surface area (TPSA) is 66.4 Å². The predicted molar refractivity (Wildman–Crippen MR) is 70.9 cm³/mol. The number of carboxylic acids is 1. The Balaban J connectivity index is 1.93. The number of carboxylic acid groups (broad SMARTS) is 1. The van der Waals surface area contributed by atoms with Gasteiger partial charge in [0.2, 0.25) is 0 Å². The van der Waals surface area contributed by atoms with Crippen LogP contribution in [-0.4, -0.2) is 17.0 Å². The lowest BCUT2D eigenvalue weighted by Gasteiger charge is -2.05. The maximum Gasteiger partial charge on any atom is 0.394 e. The Kier molecular flexibility index (Phi) is 2.56. The molecule has 2 aromatic carbocycles. The van der Waals surface area contributed by atoms with Gasteiger partial charge < -0.3 is 10.4 Å². The normalized spacial score (nSPS) is 11.6. The Labute approximate surface area is 109 Å². The molecule has 0 saturated carbocycles. The second-order valence-electron chi connectivity index (χ2n) is 4.47. The van der Waals surface area contributed by atoms with Gasteiger partial charge in [-0.25, -0.2) is 4.79 Å². The third-order valence-electron chi connectivity index (χ3n) is 3.25. The summed E-state index contributed by atoms with van der Waals surface area (Å²) in [6, 6.07) is 13.6. The zero-order valence-corrected chi connectivity index (χ0v) is 10.0. The molecule has 0 saturated heterocycles. The number of carbonyl (C=O) groups is 2. The smallest absolute Gasteiger partial charge is 0.394 e. The van der Waals surface area contributed by atoms with Gasteiger partial charge >= 0.3 is 11.9 Å². The maximum absolute atomic E-state index is 11.1. The maximum atomic E-state index is 11.1. The number of fused-ring (bicyclic) bond motifs is 3. The molecule has 0 atom stereocenters. The predicted octanol–water partition coefficient (Wildman–Crippen LogP) is 2.28. The van der Waals surface area contributed by atoms with Crippen LogP contribution in [0.5, 0.6) is 0 Å². The molecule has 1 aliphatic rings. The highest BCUT2D eigenvalue weighted by Gasteiger charge is 2.19. The Morgan fingerprint density at radius 2 is 1.74 bits per heavy atom. The molecule has 0 aliphatic heterocycles. The first-order chi connectivity index (χ1) is 9.15. The van der Waals surface area contributed by atoms with Gasteiger partial charge in [-0.2, -0.15) is 0 Å². The van der Waals surface area contributed by atoms with Crippen LogP contribution in [0, 0.1) is 0 Å². The highest BCUT2D eigenvalue weighted by Crippen LogP contribution is 2.37. The van der Waals surface area contributed by atoms with E-state index in [0.717, 1.165) is 17.5 Å². The van der Waals surface area contributed by atoms with Crippen LogP contribution < -0.4 is 5.32 Å². The third-order valence-corrected chi connectivity index (χ3v) is 3.25. The van der Waals surface area contributed by atoms with Gasteiger partial charge in [-0.15, -0.1) is 0 Å². The van der Waals surface area contributed by atoms with E-state index in [1.807, 2.05) is 24.3 Å². The van der Waals surface area contributed by atoms with Crippen molar-refractivity contribution in [3.63, 3.8) is 0 Å². The van der Waals surface area contributed by atoms with Crippen molar-refractivity contribution in [2.75, 3.05) is 5.32 Å². The summed E-state index contributed by atoms with van der Waals surface area (Å²) >= 11 is 0. The lowest BCUT2D eigenvalue weighted by Crippen LogP contribution is -2.21. The quantitative estimate of drug-likeness (QED) is 0.654. The lowest BCUT2D eigenvalue weighted by molar-refractivity contribution is -0.147. The van der Waals surface area contributed by atoms with Crippen LogP contribution in [-0.2, 0) is 16.0 Å². The van der Waals surface area contributed by atoms with Gasteiger partial charge in [-0.05, 0) is 40.8 Å². The summed E-state index contributed by atoms with van der Waals surface area (Å²) in [6.45, 7) is 0. The minimum atomic E-state index is -1.48. The van der Waals surface area contributed by atoms with Crippen LogP contribution in [0.1, 0.15) is 11.1 Å². The number of anilines is 1. The summed E-state index contributed by atoms with van der Waals surface area (Å²) in [6.07, 6.45) is 0.808. The van der Waals surface area contributed by atoms with E-state index in [2.05, 4.69) is 17.4 Å². The van der Waals surface area contributed by atoms with Crippen molar-refractivity contribution in [3.05, 3.63) is 53.6 Å². The van der Waals surface area contributed by atoms with E-state index >= 15 is 0 Å². The number of carbonyl (C=O) groups excluding carboxylic acids is 1. The molecule has 94 valence electrons. The first-order valence-corrected chi connectivity index (χ1v) is 5.90. The molecule has 3 rings (SSSR count). The molecule has 1 amide bonds. The van der Waals surface area contributed by atoms with E-state index in [9.17, 15) is 9.59 Å². The van der Waals surface area contributed by atoms with Crippen molar-refractivity contribution in [2.45, 2.75) is 6.42 Å². The summed E-state index contributed by atoms with van der Waals surface area (Å²) in [5.41, 5.74) is 5.21. The van der Waals surface area contributed by atoms with Crippen molar-refractivity contribution in [1.29, 1.82) is 0 Å². The summed E-state index contributed by atoms with van der Waals surface area (Å²) in [5.74, 6) is -2.50. The molecule has 0 bridgehead atoms. The summed E-state index contributed by atoms with van der Waals surface area (Å²) in [7, 11) is 0. The van der Waals surface area contributed by atoms with Crippen LogP contribution >= 0.6 is 0 Å². The van der Waals surface area contributed by atoms with Gasteiger partial charge in [-0.3, -0.25) is 4.79 Å². The minimum Gasteiger partial charge on any atom is -0.474 e. The average Bonchev–Trinajstić information content (AvgIpc) is 2.76. The highest BCUT2D eigenvalue weighted by molar-refractivity contribution is 6.36. The van der Waals surface area contributed by atoms with Crippen LogP contribution in [0.15, 0.2) is 42.5 Å². The third kappa shape index (κ3) is 1.97. The molecular weight excluding hydrogens is 242 g/mol. The molecule has 2 aromatic rings. The molecule has 19 heavy (non-hydrogen) atoms. The molecule has 0 heterocycles. The Morgan fingerprint density at radius 1 is 1.00 bits per heavy atom. The number of hydrogen-bond acceptors (Lipinski definition) is 2. The Hall–Kier alpha value is -2.62. The largest absolute Gasteiger partial charge is 0.474 e. The van der Waals surface area contributed by atoms with Gasteiger partial charge in [0, 0.05) is 5.69 Å². The standard InChI is InChI=1S/C15H11NO3/c17-14(15(18)19)16-11-5-6-13-10(8-11)7-9-3-1-2-4-12(9)13/h1-6,8H,7H2,(H,16,17)(H,18,19). The van der Waals surface area contributed by atoms with Gasteiger partial charge in [0.1, 0.15) is 0 Å². The van der Waals surface area contributed by atoms with Crippen LogP contribution in [0.2, 0.25) is 0 Å². The lowest BCUT2D eigenvalue weighted by atomic mass is 10.1. The zero-order chi connectivity index (χ0) is 13.4. The van der Waals surface area contributed by atoms with Crippen LogP contribution in [0.25, 0.3) is 11.1 Å². The van der Waals surface area contributed by atoms with Crippen molar-refractivity contribution >= 4 is 17.6 Å². The zero-order valence-electron chi connectivity index (χ0n) is 10.0. The molecule has 0 radical (unpaired) electrons. The Bertz CT molecular complexity index is 692. The number of benzene rings is 2. The number of nitrogens with one attached hydrogen (secondary N) is 1. The minimum absolute atomic E-state index is 0.513. The van der Waals surface area contributed by atoms with E-state index in [0.29, 0.717) is 5.69 Å². The van der Waals surface area contributed by atoms with Crippen LogP contribution in [0.3, 0.4) is 0 Å². The fraction of sp³-hybridized carbons (Fsp3) is 0.0667. The van der Waals surface area contributed by atoms with E-state index in [1.54, 1.807) is 6.07 Å². The van der Waals surface area contributed by atoms with Crippen LogP contribution in [0.4, 0.5) is 5.69 Å². The molecular formula is C15H11NO3. The number of rotatable bonds is 1. The van der Waals surface area contributed by atoms with E-state index in [4.69, 9.17) is 5.11 Å². The molecule has 0 unspecified atom stereocenters. The molecule has 0 fully saturated rings. The monoisotopic (exact) mass is 253 g/mol. The Morgan fingerprint density at radius 3 is 2.53 bits per heavy atom. The SMILES string of the molecule is O=C(O)C(=O)Nc1ccc2c(c1)Cc1ccccc1-2. The average molecular weight is 253 g/mol. The van der Waals surface area contributed by atoms with Crippen molar-refractivity contribution in [3.8, 4) is 11.1 Å². The first kappa shape index (κ1) is 11.5. The van der Waals surface area contributed by atoms with E-state index < -0.39 is 11.9 Å². The van der Waals surface area contributed by atoms with E-state index in [-0.39, 0.29) is 0 Å². The molecule has 1 aliphatic carbocycles. The summed E-state index contributed by atoms with van der Waals surface area (Å²) in [4.78, 5) is 21.6.